The molecule has 0 saturated heterocycles. The van der Waals surface area contributed by atoms with Crippen LogP contribution in [0.3, 0.4) is 0 Å². The summed E-state index contributed by atoms with van der Waals surface area (Å²) in [5.41, 5.74) is 7.72. The first-order chi connectivity index (χ1) is 9.20. The molecule has 0 aromatic heterocycles. The Morgan fingerprint density at radius 1 is 1.47 bits per heavy atom. The number of fused-ring (bicyclic) bond motifs is 1. The van der Waals surface area contributed by atoms with E-state index in [2.05, 4.69) is 22.8 Å². The summed E-state index contributed by atoms with van der Waals surface area (Å²) in [7, 11) is 1.69. The second-order valence-electron chi connectivity index (χ2n) is 4.75. The molecule has 0 aliphatic heterocycles. The van der Waals surface area contributed by atoms with Crippen LogP contribution in [0.5, 0.6) is 5.75 Å². The number of rotatable bonds is 5. The van der Waals surface area contributed by atoms with Crippen molar-refractivity contribution in [1.29, 1.82) is 0 Å². The molecule has 1 aromatic carbocycles. The fourth-order valence-corrected chi connectivity index (χ4v) is 2.56. The highest BCUT2D eigenvalue weighted by Crippen LogP contribution is 2.31. The molecule has 19 heavy (non-hydrogen) atoms. The van der Waals surface area contributed by atoms with Gasteiger partial charge < -0.3 is 21.1 Å². The van der Waals surface area contributed by atoms with Gasteiger partial charge in [0, 0.05) is 19.1 Å². The minimum absolute atomic E-state index is 0.351. The first-order valence-corrected chi connectivity index (χ1v) is 6.64. The number of hydrogen-bond acceptors (Lipinski definition) is 3. The largest absolute Gasteiger partial charge is 0.497 e. The average Bonchev–Trinajstić information content (AvgIpc) is 2.42. The van der Waals surface area contributed by atoms with Crippen molar-refractivity contribution in [2.24, 2.45) is 5.73 Å². The lowest BCUT2D eigenvalue weighted by molar-refractivity contribution is 0.248. The average molecular weight is 263 g/mol. The van der Waals surface area contributed by atoms with E-state index in [4.69, 9.17) is 10.5 Å². The van der Waals surface area contributed by atoms with Crippen LogP contribution in [0.15, 0.2) is 18.2 Å². The summed E-state index contributed by atoms with van der Waals surface area (Å²) >= 11 is 0. The van der Waals surface area contributed by atoms with E-state index < -0.39 is 6.03 Å². The third kappa shape index (κ3) is 3.61. The summed E-state index contributed by atoms with van der Waals surface area (Å²) in [6.45, 7) is 1.27. The first-order valence-electron chi connectivity index (χ1n) is 6.64. The van der Waals surface area contributed by atoms with Gasteiger partial charge in [0.05, 0.1) is 7.11 Å². The van der Waals surface area contributed by atoms with Crippen LogP contribution in [0.2, 0.25) is 0 Å². The van der Waals surface area contributed by atoms with Gasteiger partial charge in [-0.2, -0.15) is 0 Å². The number of methoxy groups -OCH3 is 1. The van der Waals surface area contributed by atoms with Gasteiger partial charge in [-0.05, 0) is 42.5 Å². The highest BCUT2D eigenvalue weighted by atomic mass is 16.5. The predicted molar refractivity (Wildman–Crippen MR) is 74.3 cm³/mol. The van der Waals surface area contributed by atoms with Crippen LogP contribution in [0, 0.1) is 0 Å². The van der Waals surface area contributed by atoms with Crippen LogP contribution in [-0.2, 0) is 6.42 Å². The number of hydrogen-bond donors (Lipinski definition) is 3. The molecule has 4 N–H and O–H groups in total. The predicted octanol–water partition coefficient (Wildman–Crippen LogP) is 1.33. The van der Waals surface area contributed by atoms with E-state index in [0.717, 1.165) is 25.1 Å². The van der Waals surface area contributed by atoms with Gasteiger partial charge in [-0.25, -0.2) is 4.79 Å². The molecule has 0 radical (unpaired) electrons. The molecule has 104 valence electrons. The summed E-state index contributed by atoms with van der Waals surface area (Å²) in [5.74, 6) is 0.912. The molecular weight excluding hydrogens is 242 g/mol. The van der Waals surface area contributed by atoms with Crippen LogP contribution in [0.1, 0.15) is 30.0 Å². The number of carbonyl (C=O) groups excluding carboxylic acids is 1. The minimum Gasteiger partial charge on any atom is -0.497 e. The third-order valence-corrected chi connectivity index (χ3v) is 3.48. The van der Waals surface area contributed by atoms with Gasteiger partial charge in [0.15, 0.2) is 0 Å². The summed E-state index contributed by atoms with van der Waals surface area (Å²) in [6, 6.07) is 6.12. The van der Waals surface area contributed by atoms with Crippen molar-refractivity contribution in [2.45, 2.75) is 25.3 Å². The van der Waals surface area contributed by atoms with Gasteiger partial charge in [0.1, 0.15) is 5.75 Å². The van der Waals surface area contributed by atoms with Crippen molar-refractivity contribution in [1.82, 2.24) is 10.6 Å². The quantitative estimate of drug-likeness (QED) is 0.701. The number of urea groups is 1. The Bertz CT molecular complexity index is 448. The highest BCUT2D eigenvalue weighted by molar-refractivity contribution is 5.71. The number of carbonyl (C=O) groups is 1. The maximum Gasteiger partial charge on any atom is 0.312 e. The standard InChI is InChI=1S/C14H21N3O2/c1-19-11-5-6-12-10(9-11)3-2-4-13(12)16-7-8-17-14(15)18/h5-6,9,13,16H,2-4,7-8H2,1H3,(H3,15,17,18). The molecule has 1 atom stereocenters. The van der Waals surface area contributed by atoms with Gasteiger partial charge in [0.25, 0.3) is 0 Å². The van der Waals surface area contributed by atoms with E-state index in [9.17, 15) is 4.79 Å². The van der Waals surface area contributed by atoms with E-state index >= 15 is 0 Å². The highest BCUT2D eigenvalue weighted by Gasteiger charge is 2.19. The van der Waals surface area contributed by atoms with Crippen molar-refractivity contribution in [3.05, 3.63) is 29.3 Å². The Labute approximate surface area is 113 Å². The Morgan fingerprint density at radius 3 is 3.05 bits per heavy atom. The molecule has 1 unspecified atom stereocenters. The van der Waals surface area contributed by atoms with Gasteiger partial charge in [0.2, 0.25) is 0 Å². The summed E-state index contributed by atoms with van der Waals surface area (Å²) in [5, 5.41) is 6.04. The van der Waals surface area contributed by atoms with Crippen molar-refractivity contribution < 1.29 is 9.53 Å². The molecule has 5 heteroatoms. The lowest BCUT2D eigenvalue weighted by atomic mass is 9.87. The Hall–Kier alpha value is -1.75. The van der Waals surface area contributed by atoms with E-state index in [1.54, 1.807) is 7.11 Å². The number of ether oxygens (including phenoxy) is 1. The topological polar surface area (TPSA) is 76.4 Å². The van der Waals surface area contributed by atoms with Crippen LogP contribution in [0.25, 0.3) is 0 Å². The Morgan fingerprint density at radius 2 is 2.32 bits per heavy atom. The fourth-order valence-electron chi connectivity index (χ4n) is 2.56. The minimum atomic E-state index is -0.476. The number of nitrogens with two attached hydrogens (primary N) is 1. The van der Waals surface area contributed by atoms with Crippen LogP contribution in [-0.4, -0.2) is 26.2 Å². The van der Waals surface area contributed by atoms with Gasteiger partial charge >= 0.3 is 6.03 Å². The summed E-state index contributed by atoms with van der Waals surface area (Å²) < 4.78 is 5.26. The molecule has 1 aliphatic rings. The zero-order valence-corrected chi connectivity index (χ0v) is 11.2. The van der Waals surface area contributed by atoms with Gasteiger partial charge in [-0.1, -0.05) is 6.07 Å². The van der Waals surface area contributed by atoms with Crippen LogP contribution in [0.4, 0.5) is 4.79 Å². The monoisotopic (exact) mass is 263 g/mol. The molecule has 0 saturated carbocycles. The van der Waals surface area contributed by atoms with Crippen molar-refractivity contribution in [3.8, 4) is 5.75 Å². The van der Waals surface area contributed by atoms with Crippen molar-refractivity contribution in [2.75, 3.05) is 20.2 Å². The fraction of sp³-hybridized carbons (Fsp3) is 0.500. The zero-order chi connectivity index (χ0) is 13.7. The zero-order valence-electron chi connectivity index (χ0n) is 11.2. The molecule has 2 amide bonds. The molecule has 2 rings (SSSR count). The maximum absolute atomic E-state index is 10.6. The SMILES string of the molecule is COc1ccc2c(c1)CCCC2NCCNC(N)=O. The van der Waals surface area contributed by atoms with Crippen LogP contribution >= 0.6 is 0 Å². The first kappa shape index (κ1) is 13.7. The lowest BCUT2D eigenvalue weighted by Crippen LogP contribution is -2.37. The van der Waals surface area contributed by atoms with Crippen molar-refractivity contribution in [3.63, 3.8) is 0 Å². The molecule has 0 spiro atoms. The number of benzene rings is 1. The smallest absolute Gasteiger partial charge is 0.312 e. The van der Waals surface area contributed by atoms with Gasteiger partial charge in [-0.15, -0.1) is 0 Å². The van der Waals surface area contributed by atoms with E-state index in [1.807, 2.05) is 6.07 Å². The molecule has 5 nitrogen and oxygen atoms in total. The lowest BCUT2D eigenvalue weighted by Gasteiger charge is -2.27. The van der Waals surface area contributed by atoms with Crippen molar-refractivity contribution >= 4 is 6.03 Å². The second kappa shape index (κ2) is 6.43. The van der Waals surface area contributed by atoms with E-state index in [0.29, 0.717) is 12.6 Å². The molecule has 1 aliphatic carbocycles. The molecule has 0 bridgehead atoms. The van der Waals surface area contributed by atoms with E-state index in [-0.39, 0.29) is 0 Å². The number of aryl methyl sites for hydroxylation is 1. The molecule has 0 heterocycles. The van der Waals surface area contributed by atoms with E-state index in [1.165, 1.54) is 17.5 Å². The Balaban J connectivity index is 1.95. The number of amides is 2. The number of primary amides is 1. The summed E-state index contributed by atoms with van der Waals surface area (Å²) in [6.07, 6.45) is 3.39. The maximum atomic E-state index is 10.6. The second-order valence-corrected chi connectivity index (χ2v) is 4.75. The Kier molecular flexibility index (Phi) is 4.63. The van der Waals surface area contributed by atoms with Gasteiger partial charge in [-0.3, -0.25) is 0 Å². The van der Waals surface area contributed by atoms with Crippen LogP contribution < -0.4 is 21.1 Å². The normalized spacial score (nSPS) is 17.6. The third-order valence-electron chi connectivity index (χ3n) is 3.48. The number of nitrogens with one attached hydrogen (secondary N) is 2. The molecular formula is C14H21N3O2. The molecule has 1 aromatic rings. The summed E-state index contributed by atoms with van der Waals surface area (Å²) in [4.78, 5) is 10.6. The molecule has 0 fully saturated rings.